The number of amides is 2. The van der Waals surface area contributed by atoms with Crippen molar-refractivity contribution in [1.29, 1.82) is 0 Å². The van der Waals surface area contributed by atoms with Crippen molar-refractivity contribution in [2.24, 2.45) is 0 Å². The number of benzene rings is 2. The van der Waals surface area contributed by atoms with Crippen molar-refractivity contribution < 1.29 is 23.9 Å². The fourth-order valence-corrected chi connectivity index (χ4v) is 4.20. The van der Waals surface area contributed by atoms with Crippen LogP contribution in [0.1, 0.15) is 32.0 Å². The van der Waals surface area contributed by atoms with E-state index in [9.17, 15) is 19.5 Å². The van der Waals surface area contributed by atoms with Crippen molar-refractivity contribution in [3.05, 3.63) is 88.0 Å². The lowest BCUT2D eigenvalue weighted by Crippen LogP contribution is -2.44. The summed E-state index contributed by atoms with van der Waals surface area (Å²) in [5.41, 5.74) is 4.38. The summed E-state index contributed by atoms with van der Waals surface area (Å²) in [6.07, 6.45) is 1.52. The second-order valence-corrected chi connectivity index (χ2v) is 8.52. The molecule has 0 radical (unpaired) electrons. The smallest absolute Gasteiger partial charge is 0.285 e. The molecule has 1 aromatic heterocycles. The number of carbonyl (C=O) groups is 3. The number of nitrogens with one attached hydrogen (secondary N) is 1. The summed E-state index contributed by atoms with van der Waals surface area (Å²) in [4.78, 5) is 36.6. The number of aryl methyl sites for hydroxylation is 1. The van der Waals surface area contributed by atoms with E-state index in [2.05, 4.69) is 5.43 Å². The number of hydrazine groups is 1. The van der Waals surface area contributed by atoms with Gasteiger partial charge in [0.1, 0.15) is 11.5 Å². The minimum Gasteiger partial charge on any atom is -0.545 e. The molecule has 2 heterocycles. The number of hydrogen-bond donors (Lipinski definition) is 1. The first-order chi connectivity index (χ1) is 15.3. The van der Waals surface area contributed by atoms with Gasteiger partial charge in [-0.25, -0.2) is 0 Å². The Hall–Kier alpha value is -3.69. The number of thioether (sulfide) groups is 1. The normalized spacial score (nSPS) is 14.8. The highest BCUT2D eigenvalue weighted by Gasteiger charge is 2.34. The van der Waals surface area contributed by atoms with Gasteiger partial charge in [0, 0.05) is 17.2 Å². The Kier molecular flexibility index (Phi) is 5.93. The van der Waals surface area contributed by atoms with E-state index >= 15 is 0 Å². The van der Waals surface area contributed by atoms with E-state index in [-0.39, 0.29) is 14.8 Å². The summed E-state index contributed by atoms with van der Waals surface area (Å²) in [7, 11) is 0. The third-order valence-electron chi connectivity index (χ3n) is 4.68. The first kappa shape index (κ1) is 21.5. The first-order valence-corrected chi connectivity index (χ1v) is 10.6. The molecule has 32 heavy (non-hydrogen) atoms. The van der Waals surface area contributed by atoms with Gasteiger partial charge in [-0.3, -0.25) is 15.0 Å². The SMILES string of the molecule is Cc1ccc(C(=O)[O-])cc1-c1ccc(/C=C2/SC(=S)N(NC(=O)c3ccccc3)C2=O)o1. The van der Waals surface area contributed by atoms with Crippen molar-refractivity contribution in [1.82, 2.24) is 10.4 Å². The molecule has 1 aliphatic rings. The van der Waals surface area contributed by atoms with Crippen LogP contribution < -0.4 is 10.5 Å². The molecule has 0 aliphatic carbocycles. The number of carbonyl (C=O) groups excluding carboxylic acids is 3. The van der Waals surface area contributed by atoms with Crippen LogP contribution >= 0.6 is 24.0 Å². The molecule has 0 bridgehead atoms. The average Bonchev–Trinajstić information content (AvgIpc) is 3.34. The van der Waals surface area contributed by atoms with Gasteiger partial charge in [0.05, 0.1) is 10.9 Å². The molecule has 3 aromatic rings. The minimum atomic E-state index is -1.28. The topological polar surface area (TPSA) is 103 Å². The molecule has 7 nitrogen and oxygen atoms in total. The summed E-state index contributed by atoms with van der Waals surface area (Å²) in [6.45, 7) is 1.83. The van der Waals surface area contributed by atoms with Crippen LogP contribution in [0.2, 0.25) is 0 Å². The van der Waals surface area contributed by atoms with Crippen LogP contribution in [0.25, 0.3) is 17.4 Å². The Morgan fingerprint density at radius 2 is 1.84 bits per heavy atom. The maximum Gasteiger partial charge on any atom is 0.285 e. The van der Waals surface area contributed by atoms with Gasteiger partial charge in [0.15, 0.2) is 4.32 Å². The Morgan fingerprint density at radius 1 is 1.09 bits per heavy atom. The summed E-state index contributed by atoms with van der Waals surface area (Å²) < 4.78 is 6.00. The molecule has 1 N–H and O–H groups in total. The summed E-state index contributed by atoms with van der Waals surface area (Å²) >= 11 is 6.27. The van der Waals surface area contributed by atoms with E-state index in [0.717, 1.165) is 22.3 Å². The maximum absolute atomic E-state index is 12.8. The monoisotopic (exact) mass is 463 g/mol. The lowest BCUT2D eigenvalue weighted by molar-refractivity contribution is -0.255. The highest BCUT2D eigenvalue weighted by atomic mass is 32.2. The molecule has 0 saturated carbocycles. The van der Waals surface area contributed by atoms with Crippen LogP contribution in [0.3, 0.4) is 0 Å². The fourth-order valence-electron chi connectivity index (χ4n) is 3.04. The summed E-state index contributed by atoms with van der Waals surface area (Å²) in [5.74, 6) is -1.37. The number of nitrogens with zero attached hydrogens (tertiary/aromatic N) is 1. The van der Waals surface area contributed by atoms with Crippen LogP contribution in [0, 0.1) is 6.92 Å². The van der Waals surface area contributed by atoms with Crippen LogP contribution in [0.4, 0.5) is 0 Å². The molecule has 2 aromatic carbocycles. The van der Waals surface area contributed by atoms with Crippen LogP contribution in [0.5, 0.6) is 0 Å². The molecule has 1 aliphatic heterocycles. The lowest BCUT2D eigenvalue weighted by atomic mass is 10.0. The van der Waals surface area contributed by atoms with Crippen molar-refractivity contribution in [3.63, 3.8) is 0 Å². The lowest BCUT2D eigenvalue weighted by Gasteiger charge is -2.15. The minimum absolute atomic E-state index is 0.0404. The van der Waals surface area contributed by atoms with Gasteiger partial charge >= 0.3 is 0 Å². The van der Waals surface area contributed by atoms with Gasteiger partial charge in [-0.2, -0.15) is 5.01 Å². The van der Waals surface area contributed by atoms with Gasteiger partial charge in [-0.05, 0) is 60.6 Å². The predicted octanol–water partition coefficient (Wildman–Crippen LogP) is 3.16. The van der Waals surface area contributed by atoms with Gasteiger partial charge < -0.3 is 14.3 Å². The molecule has 0 spiro atoms. The summed E-state index contributed by atoms with van der Waals surface area (Å²) in [5, 5.41) is 12.2. The molecule has 4 rings (SSSR count). The zero-order valence-electron chi connectivity index (χ0n) is 16.7. The Balaban J connectivity index is 1.54. The van der Waals surface area contributed by atoms with E-state index in [1.165, 1.54) is 18.2 Å². The molecular weight excluding hydrogens is 448 g/mol. The molecule has 0 atom stereocenters. The van der Waals surface area contributed by atoms with E-state index in [4.69, 9.17) is 16.6 Å². The second-order valence-electron chi connectivity index (χ2n) is 6.84. The van der Waals surface area contributed by atoms with Crippen LogP contribution in [-0.4, -0.2) is 27.1 Å². The highest BCUT2D eigenvalue weighted by molar-refractivity contribution is 8.26. The standard InChI is InChI=1S/C23H16N2O5S2/c1-13-7-8-15(22(28)29)11-17(13)18-10-9-16(30-18)12-19-21(27)25(23(31)32-19)24-20(26)14-5-3-2-4-6-14/h2-12H,1H3,(H,24,26)(H,28,29)/p-1/b19-12+. The number of thiocarbonyl (C=S) groups is 1. The quantitative estimate of drug-likeness (QED) is 0.458. The molecule has 1 saturated heterocycles. The largest absolute Gasteiger partial charge is 0.545 e. The predicted molar refractivity (Wildman–Crippen MR) is 122 cm³/mol. The molecule has 160 valence electrons. The molecule has 1 fully saturated rings. The zero-order valence-corrected chi connectivity index (χ0v) is 18.3. The van der Waals surface area contributed by atoms with E-state index in [1.807, 2.05) is 6.92 Å². The van der Waals surface area contributed by atoms with Crippen molar-refractivity contribution in [3.8, 4) is 11.3 Å². The third kappa shape index (κ3) is 4.34. The fraction of sp³-hybridized carbons (Fsp3) is 0.0435. The number of aromatic carboxylic acids is 1. The summed E-state index contributed by atoms with van der Waals surface area (Å²) in [6, 6.07) is 16.4. The number of carboxylic acid groups (broad SMARTS) is 1. The Bertz CT molecular complexity index is 1280. The molecule has 9 heteroatoms. The van der Waals surface area contributed by atoms with Crippen LogP contribution in [-0.2, 0) is 4.79 Å². The number of rotatable bonds is 5. The maximum atomic E-state index is 12.8. The Morgan fingerprint density at radius 3 is 2.56 bits per heavy atom. The highest BCUT2D eigenvalue weighted by Crippen LogP contribution is 2.33. The zero-order chi connectivity index (χ0) is 22.8. The number of hydrogen-bond acceptors (Lipinski definition) is 7. The van der Waals surface area contributed by atoms with Gasteiger partial charge in [0.2, 0.25) is 0 Å². The average molecular weight is 464 g/mol. The number of furan rings is 1. The van der Waals surface area contributed by atoms with E-state index in [0.29, 0.717) is 22.6 Å². The van der Waals surface area contributed by atoms with Crippen molar-refractivity contribution in [2.45, 2.75) is 6.92 Å². The van der Waals surface area contributed by atoms with Gasteiger partial charge in [0.25, 0.3) is 11.8 Å². The third-order valence-corrected chi connectivity index (χ3v) is 5.98. The second kappa shape index (κ2) is 8.81. The molecule has 2 amide bonds. The van der Waals surface area contributed by atoms with E-state index < -0.39 is 17.8 Å². The van der Waals surface area contributed by atoms with Gasteiger partial charge in [-0.1, -0.05) is 42.1 Å². The van der Waals surface area contributed by atoms with Crippen molar-refractivity contribution >= 4 is 52.2 Å². The van der Waals surface area contributed by atoms with Crippen LogP contribution in [0.15, 0.2) is 70.0 Å². The van der Waals surface area contributed by atoms with Gasteiger partial charge in [-0.15, -0.1) is 0 Å². The number of carboxylic acids is 1. The first-order valence-electron chi connectivity index (χ1n) is 9.39. The molecular formula is C23H15N2O5S2-. The Labute approximate surface area is 192 Å². The molecule has 0 unspecified atom stereocenters. The van der Waals surface area contributed by atoms with E-state index in [1.54, 1.807) is 48.5 Å². The van der Waals surface area contributed by atoms with Crippen molar-refractivity contribution in [2.75, 3.05) is 0 Å².